The molecule has 3 aromatic rings. The van der Waals surface area contributed by atoms with Crippen molar-refractivity contribution in [3.8, 4) is 11.8 Å². The third kappa shape index (κ3) is 2.93. The highest BCUT2D eigenvalue weighted by Gasteiger charge is 2.03. The summed E-state index contributed by atoms with van der Waals surface area (Å²) >= 11 is 0. The van der Waals surface area contributed by atoms with Crippen molar-refractivity contribution in [2.45, 2.75) is 6.92 Å². The molecule has 0 saturated heterocycles. The molecule has 0 unspecified atom stereocenters. The second-order valence-electron chi connectivity index (χ2n) is 4.94. The Morgan fingerprint density at radius 2 is 1.24 bits per heavy atom. The lowest BCUT2D eigenvalue weighted by Gasteiger charge is -2.00. The van der Waals surface area contributed by atoms with Gasteiger partial charge in [-0.2, -0.15) is 0 Å². The fraction of sp³-hybridized carbons (Fsp3) is 0.0526. The van der Waals surface area contributed by atoms with Crippen LogP contribution in [0.15, 0.2) is 54.6 Å². The van der Waals surface area contributed by atoms with Gasteiger partial charge < -0.3 is 0 Å². The summed E-state index contributed by atoms with van der Waals surface area (Å²) in [6.45, 7) is 2.02. The SMILES string of the molecule is Cc1ccc(C#Cc2ccc3cc(F)c(F)cc3c2)cc1. The lowest BCUT2D eigenvalue weighted by atomic mass is 10.1. The first-order valence-electron chi connectivity index (χ1n) is 6.59. The van der Waals surface area contributed by atoms with Crippen LogP contribution in [0.4, 0.5) is 8.78 Å². The number of aryl methyl sites for hydroxylation is 1. The van der Waals surface area contributed by atoms with Crippen LogP contribution in [0.25, 0.3) is 10.8 Å². The molecule has 0 N–H and O–H groups in total. The van der Waals surface area contributed by atoms with E-state index >= 15 is 0 Å². The van der Waals surface area contributed by atoms with Gasteiger partial charge in [0.25, 0.3) is 0 Å². The van der Waals surface area contributed by atoms with Crippen molar-refractivity contribution in [1.82, 2.24) is 0 Å². The molecule has 0 bridgehead atoms. The third-order valence-corrected chi connectivity index (χ3v) is 3.28. The second-order valence-corrected chi connectivity index (χ2v) is 4.94. The smallest absolute Gasteiger partial charge is 0.159 e. The van der Waals surface area contributed by atoms with Gasteiger partial charge in [0.05, 0.1) is 0 Å². The van der Waals surface area contributed by atoms with Crippen LogP contribution in [0.2, 0.25) is 0 Å². The summed E-state index contributed by atoms with van der Waals surface area (Å²) in [4.78, 5) is 0. The number of hydrogen-bond acceptors (Lipinski definition) is 0. The van der Waals surface area contributed by atoms with Crippen molar-refractivity contribution >= 4 is 10.8 Å². The maximum Gasteiger partial charge on any atom is 0.159 e. The van der Waals surface area contributed by atoms with Gasteiger partial charge in [-0.05, 0) is 54.1 Å². The largest absolute Gasteiger partial charge is 0.204 e. The molecule has 0 aliphatic carbocycles. The number of rotatable bonds is 0. The van der Waals surface area contributed by atoms with Gasteiger partial charge in [0.1, 0.15) is 0 Å². The van der Waals surface area contributed by atoms with E-state index in [0.717, 1.165) is 11.1 Å². The summed E-state index contributed by atoms with van der Waals surface area (Å²) in [6, 6.07) is 15.6. The van der Waals surface area contributed by atoms with Crippen LogP contribution in [0.1, 0.15) is 16.7 Å². The van der Waals surface area contributed by atoms with E-state index in [0.29, 0.717) is 10.8 Å². The van der Waals surface area contributed by atoms with Crippen LogP contribution in [-0.4, -0.2) is 0 Å². The molecule has 0 aliphatic heterocycles. The van der Waals surface area contributed by atoms with Gasteiger partial charge in [0, 0.05) is 11.1 Å². The molecule has 0 saturated carbocycles. The Labute approximate surface area is 122 Å². The average Bonchev–Trinajstić information content (AvgIpc) is 2.48. The van der Waals surface area contributed by atoms with Crippen molar-refractivity contribution in [1.29, 1.82) is 0 Å². The third-order valence-electron chi connectivity index (χ3n) is 3.28. The Bertz CT molecular complexity index is 866. The molecule has 0 heterocycles. The van der Waals surface area contributed by atoms with Crippen molar-refractivity contribution in [2.75, 3.05) is 0 Å². The Balaban J connectivity index is 1.98. The molecule has 0 aromatic heterocycles. The van der Waals surface area contributed by atoms with Crippen LogP contribution in [0.5, 0.6) is 0 Å². The Morgan fingerprint density at radius 3 is 1.95 bits per heavy atom. The summed E-state index contributed by atoms with van der Waals surface area (Å²) in [5.74, 6) is 4.43. The van der Waals surface area contributed by atoms with Crippen molar-refractivity contribution in [3.05, 3.63) is 82.9 Å². The first-order valence-corrected chi connectivity index (χ1v) is 6.59. The highest BCUT2D eigenvalue weighted by Crippen LogP contribution is 2.19. The van der Waals surface area contributed by atoms with Gasteiger partial charge in [-0.3, -0.25) is 0 Å². The normalized spacial score (nSPS) is 10.2. The highest BCUT2D eigenvalue weighted by atomic mass is 19.2. The fourth-order valence-electron chi connectivity index (χ4n) is 2.10. The van der Waals surface area contributed by atoms with Crippen LogP contribution in [0, 0.1) is 30.4 Å². The van der Waals surface area contributed by atoms with Gasteiger partial charge in [0.2, 0.25) is 0 Å². The molecule has 3 aromatic carbocycles. The quantitative estimate of drug-likeness (QED) is 0.517. The zero-order chi connectivity index (χ0) is 14.8. The Hall–Kier alpha value is -2.66. The molecular formula is C19H12F2. The summed E-state index contributed by atoms with van der Waals surface area (Å²) in [5.41, 5.74) is 2.88. The predicted octanol–water partition coefficient (Wildman–Crippen LogP) is 4.83. The molecule has 102 valence electrons. The van der Waals surface area contributed by atoms with E-state index in [-0.39, 0.29) is 0 Å². The summed E-state index contributed by atoms with van der Waals surface area (Å²) in [5, 5.41) is 1.30. The molecule has 0 atom stereocenters. The van der Waals surface area contributed by atoms with E-state index < -0.39 is 11.6 Å². The van der Waals surface area contributed by atoms with Crippen molar-refractivity contribution < 1.29 is 8.78 Å². The molecule has 0 fully saturated rings. The first-order chi connectivity index (χ1) is 10.1. The van der Waals surface area contributed by atoms with E-state index in [1.807, 2.05) is 31.2 Å². The van der Waals surface area contributed by atoms with Crippen LogP contribution in [0.3, 0.4) is 0 Å². The van der Waals surface area contributed by atoms with E-state index in [1.54, 1.807) is 18.2 Å². The molecule has 0 spiro atoms. The van der Waals surface area contributed by atoms with Gasteiger partial charge >= 0.3 is 0 Å². The lowest BCUT2D eigenvalue weighted by molar-refractivity contribution is 0.511. The minimum atomic E-state index is -0.842. The standard InChI is InChI=1S/C19H12F2/c1-13-2-4-14(5-3-13)6-7-15-8-9-16-11-18(20)19(21)12-17(16)10-15/h2-5,8-12H,1H3. The molecule has 0 aliphatic rings. The monoisotopic (exact) mass is 278 g/mol. The maximum absolute atomic E-state index is 13.3. The second kappa shape index (κ2) is 5.38. The number of hydrogen-bond donors (Lipinski definition) is 0. The molecule has 0 radical (unpaired) electrons. The molecule has 0 nitrogen and oxygen atoms in total. The Morgan fingerprint density at radius 1 is 0.667 bits per heavy atom. The summed E-state index contributed by atoms with van der Waals surface area (Å²) < 4.78 is 26.4. The maximum atomic E-state index is 13.3. The summed E-state index contributed by atoms with van der Waals surface area (Å²) in [6.07, 6.45) is 0. The zero-order valence-corrected chi connectivity index (χ0v) is 11.5. The predicted molar refractivity (Wildman–Crippen MR) is 81.0 cm³/mol. The van der Waals surface area contributed by atoms with E-state index in [4.69, 9.17) is 0 Å². The zero-order valence-electron chi connectivity index (χ0n) is 11.5. The minimum Gasteiger partial charge on any atom is -0.204 e. The van der Waals surface area contributed by atoms with Crippen molar-refractivity contribution in [2.24, 2.45) is 0 Å². The van der Waals surface area contributed by atoms with E-state index in [2.05, 4.69) is 11.8 Å². The van der Waals surface area contributed by atoms with Gasteiger partial charge in [-0.25, -0.2) is 8.78 Å². The summed E-state index contributed by atoms with van der Waals surface area (Å²) in [7, 11) is 0. The van der Waals surface area contributed by atoms with Crippen LogP contribution in [-0.2, 0) is 0 Å². The molecule has 0 amide bonds. The minimum absolute atomic E-state index is 0.643. The first kappa shape index (κ1) is 13.3. The lowest BCUT2D eigenvalue weighted by Crippen LogP contribution is -1.85. The Kier molecular flexibility index (Phi) is 3.41. The molecule has 3 rings (SSSR count). The van der Waals surface area contributed by atoms with Crippen molar-refractivity contribution in [3.63, 3.8) is 0 Å². The van der Waals surface area contributed by atoms with Crippen LogP contribution >= 0.6 is 0 Å². The average molecular weight is 278 g/mol. The van der Waals surface area contributed by atoms with Gasteiger partial charge in [0.15, 0.2) is 11.6 Å². The number of halogens is 2. The van der Waals surface area contributed by atoms with Gasteiger partial charge in [-0.15, -0.1) is 0 Å². The number of fused-ring (bicyclic) bond motifs is 1. The highest BCUT2D eigenvalue weighted by molar-refractivity contribution is 5.84. The molecule has 21 heavy (non-hydrogen) atoms. The van der Waals surface area contributed by atoms with Gasteiger partial charge in [-0.1, -0.05) is 35.6 Å². The topological polar surface area (TPSA) is 0 Å². The molecular weight excluding hydrogens is 266 g/mol. The van der Waals surface area contributed by atoms with E-state index in [9.17, 15) is 8.78 Å². The molecule has 2 heteroatoms. The number of benzene rings is 3. The van der Waals surface area contributed by atoms with E-state index in [1.165, 1.54) is 17.7 Å². The fourth-order valence-corrected chi connectivity index (χ4v) is 2.10. The van der Waals surface area contributed by atoms with Crippen LogP contribution < -0.4 is 0 Å².